The molecule has 0 saturated heterocycles. The third-order valence-corrected chi connectivity index (χ3v) is 3.11. The van der Waals surface area contributed by atoms with Gasteiger partial charge in [-0.3, -0.25) is 4.98 Å². The number of benzene rings is 1. The van der Waals surface area contributed by atoms with Crippen molar-refractivity contribution in [3.05, 3.63) is 46.9 Å². The van der Waals surface area contributed by atoms with Crippen LogP contribution in [0.25, 0.3) is 0 Å². The van der Waals surface area contributed by atoms with Crippen LogP contribution in [0.1, 0.15) is 25.1 Å². The Morgan fingerprint density at radius 3 is 2.81 bits per heavy atom. The van der Waals surface area contributed by atoms with E-state index in [9.17, 15) is 0 Å². The number of ether oxygens (including phenoxy) is 1. The van der Waals surface area contributed by atoms with E-state index in [-0.39, 0.29) is 0 Å². The largest absolute Gasteiger partial charge is 0.437 e. The maximum Gasteiger partial charge on any atom is 0.238 e. The highest BCUT2D eigenvalue weighted by atomic mass is 35.5. The summed E-state index contributed by atoms with van der Waals surface area (Å²) in [6.07, 6.45) is 3.36. The Morgan fingerprint density at radius 1 is 1.29 bits per heavy atom. The summed E-state index contributed by atoms with van der Waals surface area (Å²) in [5.74, 6) is 1.83. The summed E-state index contributed by atoms with van der Waals surface area (Å²) < 4.78 is 5.77. The molecule has 0 spiro atoms. The molecule has 4 nitrogen and oxygen atoms in total. The Hall–Kier alpha value is -1.65. The van der Waals surface area contributed by atoms with E-state index in [0.717, 1.165) is 23.6 Å². The second kappa shape index (κ2) is 7.38. The minimum Gasteiger partial charge on any atom is -0.437 e. The van der Waals surface area contributed by atoms with E-state index in [1.165, 1.54) is 0 Å². The zero-order valence-corrected chi connectivity index (χ0v) is 13.3. The molecular weight excluding hydrogens is 286 g/mol. The number of hydrogen-bond donors (Lipinski definition) is 1. The van der Waals surface area contributed by atoms with Gasteiger partial charge in [0.05, 0.1) is 11.9 Å². The van der Waals surface area contributed by atoms with Gasteiger partial charge in [-0.05, 0) is 43.1 Å². The first-order valence-electron chi connectivity index (χ1n) is 7.00. The van der Waals surface area contributed by atoms with Crippen molar-refractivity contribution in [1.29, 1.82) is 0 Å². The summed E-state index contributed by atoms with van der Waals surface area (Å²) in [6.45, 7) is 7.91. The normalized spacial score (nSPS) is 10.9. The molecule has 1 heterocycles. The van der Waals surface area contributed by atoms with Crippen LogP contribution in [0.15, 0.2) is 30.6 Å². The lowest BCUT2D eigenvalue weighted by atomic mass is 10.2. The van der Waals surface area contributed by atoms with Gasteiger partial charge in [0, 0.05) is 17.8 Å². The second-order valence-corrected chi connectivity index (χ2v) is 5.82. The highest BCUT2D eigenvalue weighted by molar-refractivity contribution is 6.30. The lowest BCUT2D eigenvalue weighted by Gasteiger charge is -2.10. The molecule has 0 aliphatic rings. The SMILES string of the molecule is Cc1cc(Cl)ccc1Oc1cncc(CNCC(C)C)n1. The average Bonchev–Trinajstić information content (AvgIpc) is 2.42. The van der Waals surface area contributed by atoms with E-state index in [0.29, 0.717) is 23.4 Å². The summed E-state index contributed by atoms with van der Waals surface area (Å²) in [5.41, 5.74) is 1.83. The molecule has 2 rings (SSSR count). The first-order chi connectivity index (χ1) is 10.0. The maximum atomic E-state index is 5.94. The van der Waals surface area contributed by atoms with Gasteiger partial charge in [-0.1, -0.05) is 25.4 Å². The van der Waals surface area contributed by atoms with Gasteiger partial charge in [0.15, 0.2) is 0 Å². The molecule has 1 aromatic heterocycles. The third-order valence-electron chi connectivity index (χ3n) is 2.87. The molecule has 0 amide bonds. The van der Waals surface area contributed by atoms with Gasteiger partial charge in [0.25, 0.3) is 0 Å². The number of aromatic nitrogens is 2. The zero-order chi connectivity index (χ0) is 15.2. The fourth-order valence-corrected chi connectivity index (χ4v) is 2.08. The van der Waals surface area contributed by atoms with Crippen LogP contribution in [-0.2, 0) is 6.54 Å². The van der Waals surface area contributed by atoms with Crippen LogP contribution in [0, 0.1) is 12.8 Å². The van der Waals surface area contributed by atoms with E-state index in [4.69, 9.17) is 16.3 Å². The summed E-state index contributed by atoms with van der Waals surface area (Å²) >= 11 is 5.94. The summed E-state index contributed by atoms with van der Waals surface area (Å²) in [5, 5.41) is 4.03. The Bertz CT molecular complexity index is 602. The molecule has 0 atom stereocenters. The minimum atomic E-state index is 0.490. The first-order valence-corrected chi connectivity index (χ1v) is 7.38. The van der Waals surface area contributed by atoms with Gasteiger partial charge in [-0.2, -0.15) is 0 Å². The standard InChI is InChI=1S/C16H20ClN3O/c1-11(2)7-18-8-14-9-19-10-16(20-14)21-15-5-4-13(17)6-12(15)3/h4-6,9-11,18H,7-8H2,1-3H3. The van der Waals surface area contributed by atoms with Gasteiger partial charge in [-0.25, -0.2) is 4.98 Å². The Labute approximate surface area is 130 Å². The Kier molecular flexibility index (Phi) is 5.53. The number of halogens is 1. The van der Waals surface area contributed by atoms with Crippen LogP contribution in [0.2, 0.25) is 5.02 Å². The van der Waals surface area contributed by atoms with E-state index in [2.05, 4.69) is 29.1 Å². The fraction of sp³-hybridized carbons (Fsp3) is 0.375. The number of nitrogens with one attached hydrogen (secondary N) is 1. The molecule has 5 heteroatoms. The molecule has 1 aromatic carbocycles. The molecule has 0 saturated carbocycles. The molecule has 2 aromatic rings. The van der Waals surface area contributed by atoms with Crippen LogP contribution < -0.4 is 10.1 Å². The van der Waals surface area contributed by atoms with Crippen LogP contribution in [0.5, 0.6) is 11.6 Å². The van der Waals surface area contributed by atoms with Crippen molar-refractivity contribution >= 4 is 11.6 Å². The smallest absolute Gasteiger partial charge is 0.238 e. The molecule has 1 N–H and O–H groups in total. The first kappa shape index (κ1) is 15.7. The molecule has 21 heavy (non-hydrogen) atoms. The number of aryl methyl sites for hydroxylation is 1. The van der Waals surface area contributed by atoms with Gasteiger partial charge in [0.1, 0.15) is 5.75 Å². The van der Waals surface area contributed by atoms with Gasteiger partial charge in [-0.15, -0.1) is 0 Å². The summed E-state index contributed by atoms with van der Waals surface area (Å²) in [6, 6.07) is 5.49. The van der Waals surface area contributed by atoms with Crippen LogP contribution in [-0.4, -0.2) is 16.5 Å². The summed E-state index contributed by atoms with van der Waals surface area (Å²) in [7, 11) is 0. The van der Waals surface area contributed by atoms with E-state index < -0.39 is 0 Å². The molecule has 0 radical (unpaired) electrons. The summed E-state index contributed by atoms with van der Waals surface area (Å²) in [4.78, 5) is 8.62. The van der Waals surface area contributed by atoms with Gasteiger partial charge < -0.3 is 10.1 Å². The fourth-order valence-electron chi connectivity index (χ4n) is 1.85. The van der Waals surface area contributed by atoms with E-state index >= 15 is 0 Å². The molecule has 0 aliphatic carbocycles. The lowest BCUT2D eigenvalue weighted by Crippen LogP contribution is -2.19. The quantitative estimate of drug-likeness (QED) is 0.877. The van der Waals surface area contributed by atoms with Crippen LogP contribution in [0.3, 0.4) is 0 Å². The van der Waals surface area contributed by atoms with Crippen molar-refractivity contribution in [3.8, 4) is 11.6 Å². The molecule has 0 aliphatic heterocycles. The van der Waals surface area contributed by atoms with Crippen molar-refractivity contribution in [2.75, 3.05) is 6.54 Å². The van der Waals surface area contributed by atoms with Gasteiger partial charge in [0.2, 0.25) is 5.88 Å². The average molecular weight is 306 g/mol. The third kappa shape index (κ3) is 4.99. The van der Waals surface area contributed by atoms with Crippen molar-refractivity contribution in [2.45, 2.75) is 27.3 Å². The number of rotatable bonds is 6. The van der Waals surface area contributed by atoms with Crippen molar-refractivity contribution in [3.63, 3.8) is 0 Å². The zero-order valence-electron chi connectivity index (χ0n) is 12.6. The molecule has 0 unspecified atom stereocenters. The monoisotopic (exact) mass is 305 g/mol. The van der Waals surface area contributed by atoms with Crippen LogP contribution in [0.4, 0.5) is 0 Å². The molecule has 112 valence electrons. The Morgan fingerprint density at radius 2 is 2.10 bits per heavy atom. The molecule has 0 bridgehead atoms. The number of hydrogen-bond acceptors (Lipinski definition) is 4. The predicted octanol–water partition coefficient (Wildman–Crippen LogP) is 3.98. The second-order valence-electron chi connectivity index (χ2n) is 5.39. The van der Waals surface area contributed by atoms with E-state index in [1.54, 1.807) is 18.5 Å². The van der Waals surface area contributed by atoms with Crippen LogP contribution >= 0.6 is 11.6 Å². The minimum absolute atomic E-state index is 0.490. The van der Waals surface area contributed by atoms with Gasteiger partial charge >= 0.3 is 0 Å². The number of nitrogens with zero attached hydrogens (tertiary/aromatic N) is 2. The highest BCUT2D eigenvalue weighted by Gasteiger charge is 2.05. The molecular formula is C16H20ClN3O. The van der Waals surface area contributed by atoms with Crippen molar-refractivity contribution in [1.82, 2.24) is 15.3 Å². The highest BCUT2D eigenvalue weighted by Crippen LogP contribution is 2.25. The predicted molar refractivity (Wildman–Crippen MR) is 84.8 cm³/mol. The van der Waals surface area contributed by atoms with Crippen molar-refractivity contribution < 1.29 is 4.74 Å². The topological polar surface area (TPSA) is 47.0 Å². The molecule has 0 fully saturated rings. The Balaban J connectivity index is 2.03. The van der Waals surface area contributed by atoms with Crippen molar-refractivity contribution in [2.24, 2.45) is 5.92 Å². The van der Waals surface area contributed by atoms with E-state index in [1.807, 2.05) is 19.1 Å². The lowest BCUT2D eigenvalue weighted by molar-refractivity contribution is 0.452. The maximum absolute atomic E-state index is 5.94.